The molecule has 1 saturated carbocycles. The molecule has 2 heterocycles. The Labute approximate surface area is 184 Å². The predicted molar refractivity (Wildman–Crippen MR) is 119 cm³/mol. The van der Waals surface area contributed by atoms with Crippen LogP contribution in [0, 0.1) is 11.3 Å². The molecular formula is C23H24N6O3. The van der Waals surface area contributed by atoms with Crippen molar-refractivity contribution in [3.8, 4) is 11.8 Å². The van der Waals surface area contributed by atoms with Gasteiger partial charge in [0.1, 0.15) is 24.0 Å². The SMILES string of the molecule is CCn1cc(C#N)c(=O)n(CC(=O)Nc2cc(C3CCCC3)nn2-c2ccccc2)c1=O. The molecule has 0 unspecified atom stereocenters. The van der Waals surface area contributed by atoms with Gasteiger partial charge in [0.05, 0.1) is 11.4 Å². The zero-order valence-corrected chi connectivity index (χ0v) is 17.8. The molecule has 1 fully saturated rings. The molecule has 1 aliphatic carbocycles. The summed E-state index contributed by atoms with van der Waals surface area (Å²) in [5, 5.41) is 16.7. The lowest BCUT2D eigenvalue weighted by Gasteiger charge is -2.11. The van der Waals surface area contributed by atoms with Crippen molar-refractivity contribution < 1.29 is 4.79 Å². The van der Waals surface area contributed by atoms with E-state index in [-0.39, 0.29) is 12.1 Å². The van der Waals surface area contributed by atoms with Crippen LogP contribution in [0.5, 0.6) is 0 Å². The van der Waals surface area contributed by atoms with Gasteiger partial charge in [0.2, 0.25) is 5.91 Å². The molecule has 9 nitrogen and oxygen atoms in total. The molecule has 32 heavy (non-hydrogen) atoms. The minimum Gasteiger partial charge on any atom is -0.309 e. The number of hydrogen-bond donors (Lipinski definition) is 1. The molecule has 0 spiro atoms. The maximum Gasteiger partial charge on any atom is 0.331 e. The largest absolute Gasteiger partial charge is 0.331 e. The third-order valence-corrected chi connectivity index (χ3v) is 5.77. The van der Waals surface area contributed by atoms with E-state index in [1.165, 1.54) is 10.8 Å². The van der Waals surface area contributed by atoms with Crippen molar-refractivity contribution >= 4 is 11.7 Å². The molecule has 4 rings (SSSR count). The molecule has 1 aromatic carbocycles. The highest BCUT2D eigenvalue weighted by molar-refractivity contribution is 5.90. The Bertz CT molecular complexity index is 1290. The number of amides is 1. The Hall–Kier alpha value is -3.93. The maximum absolute atomic E-state index is 12.9. The molecule has 1 amide bonds. The van der Waals surface area contributed by atoms with Crippen molar-refractivity contribution in [1.82, 2.24) is 18.9 Å². The van der Waals surface area contributed by atoms with E-state index in [4.69, 9.17) is 5.10 Å². The van der Waals surface area contributed by atoms with Crippen LogP contribution in [0.2, 0.25) is 0 Å². The average Bonchev–Trinajstić information content (AvgIpc) is 3.48. The number of rotatable bonds is 6. The smallest absolute Gasteiger partial charge is 0.309 e. The van der Waals surface area contributed by atoms with Crippen LogP contribution in [0.15, 0.2) is 52.2 Å². The van der Waals surface area contributed by atoms with E-state index >= 15 is 0 Å². The van der Waals surface area contributed by atoms with Gasteiger partial charge in [0, 0.05) is 24.7 Å². The van der Waals surface area contributed by atoms with E-state index < -0.39 is 23.7 Å². The van der Waals surface area contributed by atoms with Crippen molar-refractivity contribution in [3.05, 3.63) is 74.7 Å². The van der Waals surface area contributed by atoms with Gasteiger partial charge >= 0.3 is 5.69 Å². The highest BCUT2D eigenvalue weighted by Gasteiger charge is 2.23. The summed E-state index contributed by atoms with van der Waals surface area (Å²) in [7, 11) is 0. The van der Waals surface area contributed by atoms with Gasteiger partial charge < -0.3 is 5.32 Å². The quantitative estimate of drug-likeness (QED) is 0.642. The number of para-hydroxylation sites is 1. The van der Waals surface area contributed by atoms with Crippen LogP contribution in [-0.4, -0.2) is 24.8 Å². The van der Waals surface area contributed by atoms with Gasteiger partial charge in [0.15, 0.2) is 0 Å². The van der Waals surface area contributed by atoms with Crippen LogP contribution in [-0.2, 0) is 17.9 Å². The van der Waals surface area contributed by atoms with Gasteiger partial charge in [0.25, 0.3) is 5.56 Å². The first-order valence-corrected chi connectivity index (χ1v) is 10.7. The molecule has 0 saturated heterocycles. The zero-order chi connectivity index (χ0) is 22.7. The van der Waals surface area contributed by atoms with Gasteiger partial charge in [-0.05, 0) is 31.9 Å². The first-order valence-electron chi connectivity index (χ1n) is 10.7. The summed E-state index contributed by atoms with van der Waals surface area (Å²) in [6, 6.07) is 13.1. The molecule has 0 bridgehead atoms. The minimum atomic E-state index is -0.777. The summed E-state index contributed by atoms with van der Waals surface area (Å²) < 4.78 is 3.70. The lowest BCUT2D eigenvalue weighted by Crippen LogP contribution is -2.43. The number of anilines is 1. The lowest BCUT2D eigenvalue weighted by molar-refractivity contribution is -0.116. The highest BCUT2D eigenvalue weighted by Crippen LogP contribution is 2.35. The fraction of sp³-hybridized carbons (Fsp3) is 0.348. The van der Waals surface area contributed by atoms with Crippen LogP contribution >= 0.6 is 0 Å². The molecule has 0 aliphatic heterocycles. The summed E-state index contributed by atoms with van der Waals surface area (Å²) in [5.74, 6) is 0.280. The summed E-state index contributed by atoms with van der Waals surface area (Å²) >= 11 is 0. The first kappa shape index (κ1) is 21.3. The van der Waals surface area contributed by atoms with Crippen molar-refractivity contribution in [2.45, 2.75) is 51.6 Å². The van der Waals surface area contributed by atoms with Crippen LogP contribution in [0.1, 0.15) is 49.8 Å². The monoisotopic (exact) mass is 432 g/mol. The van der Waals surface area contributed by atoms with Gasteiger partial charge in [-0.2, -0.15) is 10.4 Å². The third-order valence-electron chi connectivity index (χ3n) is 5.77. The molecule has 0 atom stereocenters. The molecule has 0 radical (unpaired) electrons. The Balaban J connectivity index is 1.66. The van der Waals surface area contributed by atoms with Gasteiger partial charge in [-0.1, -0.05) is 31.0 Å². The summed E-state index contributed by atoms with van der Waals surface area (Å²) in [6.45, 7) is 1.51. The van der Waals surface area contributed by atoms with E-state index in [0.717, 1.165) is 41.6 Å². The third kappa shape index (κ3) is 4.12. The van der Waals surface area contributed by atoms with E-state index in [9.17, 15) is 19.6 Å². The maximum atomic E-state index is 12.9. The van der Waals surface area contributed by atoms with E-state index in [1.807, 2.05) is 36.4 Å². The molecule has 1 N–H and O–H groups in total. The Kier molecular flexibility index (Phi) is 6.03. The highest BCUT2D eigenvalue weighted by atomic mass is 16.2. The van der Waals surface area contributed by atoms with Crippen LogP contribution in [0.25, 0.3) is 5.69 Å². The lowest BCUT2D eigenvalue weighted by atomic mass is 10.0. The van der Waals surface area contributed by atoms with E-state index in [2.05, 4.69) is 5.32 Å². The Morgan fingerprint density at radius 3 is 2.59 bits per heavy atom. The van der Waals surface area contributed by atoms with Crippen molar-refractivity contribution in [1.29, 1.82) is 5.26 Å². The summed E-state index contributed by atoms with van der Waals surface area (Å²) in [6.07, 6.45) is 5.66. The van der Waals surface area contributed by atoms with E-state index in [0.29, 0.717) is 11.7 Å². The molecule has 1 aliphatic rings. The van der Waals surface area contributed by atoms with Crippen molar-refractivity contribution in [3.63, 3.8) is 0 Å². The Morgan fingerprint density at radius 2 is 1.94 bits per heavy atom. The topological polar surface area (TPSA) is 115 Å². The number of nitrogens with one attached hydrogen (secondary N) is 1. The molecule has 2 aromatic heterocycles. The summed E-state index contributed by atoms with van der Waals surface area (Å²) in [4.78, 5) is 37.9. The van der Waals surface area contributed by atoms with Crippen LogP contribution < -0.4 is 16.6 Å². The number of aromatic nitrogens is 4. The second-order valence-corrected chi connectivity index (χ2v) is 7.85. The number of hydrogen-bond acceptors (Lipinski definition) is 5. The van der Waals surface area contributed by atoms with Gasteiger partial charge in [-0.15, -0.1) is 0 Å². The molecule has 9 heteroatoms. The van der Waals surface area contributed by atoms with Crippen LogP contribution in [0.3, 0.4) is 0 Å². The number of nitrogens with zero attached hydrogens (tertiary/aromatic N) is 5. The van der Waals surface area contributed by atoms with Crippen LogP contribution in [0.4, 0.5) is 5.82 Å². The second kappa shape index (κ2) is 9.06. The number of carbonyl (C=O) groups excluding carboxylic acids is 1. The number of aryl methyl sites for hydroxylation is 1. The fourth-order valence-corrected chi connectivity index (χ4v) is 4.10. The van der Waals surface area contributed by atoms with E-state index in [1.54, 1.807) is 17.7 Å². The average molecular weight is 432 g/mol. The van der Waals surface area contributed by atoms with Gasteiger partial charge in [-0.25, -0.2) is 14.0 Å². The minimum absolute atomic E-state index is 0.183. The Morgan fingerprint density at radius 1 is 1.22 bits per heavy atom. The normalized spacial score (nSPS) is 13.8. The first-order chi connectivity index (χ1) is 15.5. The number of carbonyl (C=O) groups is 1. The second-order valence-electron chi connectivity index (χ2n) is 7.85. The zero-order valence-electron chi connectivity index (χ0n) is 17.8. The molecular weight excluding hydrogens is 408 g/mol. The summed E-state index contributed by atoms with van der Waals surface area (Å²) in [5.41, 5.74) is 0.121. The van der Waals surface area contributed by atoms with Crippen molar-refractivity contribution in [2.24, 2.45) is 0 Å². The van der Waals surface area contributed by atoms with Gasteiger partial charge in [-0.3, -0.25) is 14.2 Å². The predicted octanol–water partition coefficient (Wildman–Crippen LogP) is 2.38. The molecule has 3 aromatic rings. The number of nitriles is 1. The fourth-order valence-electron chi connectivity index (χ4n) is 4.10. The standard InChI is InChI=1S/C23H24N6O3/c1-2-27-14-17(13-24)22(31)28(23(27)32)15-21(30)25-20-12-19(16-8-6-7-9-16)26-29(20)18-10-4-3-5-11-18/h3-5,10-12,14,16H,2,6-9,15H2,1H3,(H,25,30). The van der Waals surface area contributed by atoms with Crippen molar-refractivity contribution in [2.75, 3.05) is 5.32 Å². The molecule has 164 valence electrons. The number of benzene rings is 1.